The largest absolute Gasteiger partial charge is 0.408 e. The lowest BCUT2D eigenvalue weighted by molar-refractivity contribution is -0.118. The summed E-state index contributed by atoms with van der Waals surface area (Å²) in [7, 11) is -4.12. The van der Waals surface area contributed by atoms with Crippen molar-refractivity contribution in [2.45, 2.75) is 123 Å². The highest BCUT2D eigenvalue weighted by atomic mass is 31.2. The van der Waals surface area contributed by atoms with Gasteiger partial charge in [0.25, 0.3) is 14.1 Å². The quantitative estimate of drug-likeness (QED) is 0.128. The molecule has 3 rings (SSSR count). The van der Waals surface area contributed by atoms with E-state index in [0.717, 1.165) is 0 Å². The summed E-state index contributed by atoms with van der Waals surface area (Å²) < 4.78 is 30.6. The fraction of sp³-hybridized carbons (Fsp3) is 0.710. The smallest absolute Gasteiger partial charge is 0.259 e. The van der Waals surface area contributed by atoms with Crippen molar-refractivity contribution in [3.63, 3.8) is 0 Å². The van der Waals surface area contributed by atoms with Crippen LogP contribution >= 0.6 is 8.53 Å². The number of ether oxygens (including phenoxy) is 1. The molecule has 0 aliphatic carbocycles. The van der Waals surface area contributed by atoms with Crippen LogP contribution in [0.1, 0.15) is 75.0 Å². The molecule has 0 aromatic carbocycles. The van der Waals surface area contributed by atoms with Crippen LogP contribution in [0.2, 0.25) is 18.1 Å². The minimum atomic E-state index is -2.41. The number of nitrogens with one attached hydrogen (secondary N) is 2. The van der Waals surface area contributed by atoms with Gasteiger partial charge in [-0.3, -0.25) is 9.59 Å². The summed E-state index contributed by atoms with van der Waals surface area (Å²) in [6.45, 7) is 22.4. The van der Waals surface area contributed by atoms with Crippen molar-refractivity contribution >= 4 is 39.5 Å². The zero-order valence-corrected chi connectivity index (χ0v) is 30.5. The van der Waals surface area contributed by atoms with Crippen LogP contribution in [0.3, 0.4) is 0 Å². The van der Waals surface area contributed by atoms with Crippen LogP contribution in [0, 0.1) is 17.2 Å². The summed E-state index contributed by atoms with van der Waals surface area (Å²) >= 11 is 0. The molecular formula is C31H52N5O7PSi. The van der Waals surface area contributed by atoms with Crippen molar-refractivity contribution in [3.8, 4) is 6.07 Å². The standard InChI is InChI=1S/C31H52N5O7PSi/c1-19(2)28(38)33-25-17-23-22(29(39)34-25)13-15-35(23)30-27(26(24(18-37)41-30)43-45(10,11)31(7,8)9)42-44(40-16-12-14-32)36(20(3)4)21(5)6/h13,15,17,19-21,24,26-27,30,37H,12,16,18H2,1-11H3,(H2,33,34,38,39)/t24-,26?,27-,30-,44?/m1/s1. The number of hydrogen-bond acceptors (Lipinski definition) is 9. The Hall–Kier alpha value is -2.14. The van der Waals surface area contributed by atoms with Crippen LogP contribution in [0.25, 0.3) is 10.9 Å². The number of nitrogens with zero attached hydrogens (tertiary/aromatic N) is 3. The highest BCUT2D eigenvalue weighted by molar-refractivity contribution is 7.44. The second kappa shape index (κ2) is 15.2. The van der Waals surface area contributed by atoms with Gasteiger partial charge < -0.3 is 38.2 Å². The molecule has 1 amide bonds. The third-order valence-electron chi connectivity index (χ3n) is 8.36. The second-order valence-electron chi connectivity index (χ2n) is 13.9. The minimum absolute atomic E-state index is 0.0606. The molecule has 1 aliphatic rings. The third kappa shape index (κ3) is 8.61. The number of nitriles is 1. The van der Waals surface area contributed by atoms with E-state index >= 15 is 0 Å². The molecule has 3 heterocycles. The number of H-pyrrole nitrogens is 1. The highest BCUT2D eigenvalue weighted by Crippen LogP contribution is 2.52. The molecule has 1 saturated heterocycles. The van der Waals surface area contributed by atoms with E-state index in [4.69, 9.17) is 18.2 Å². The molecule has 252 valence electrons. The molecule has 0 bridgehead atoms. The summed E-state index contributed by atoms with van der Waals surface area (Å²) in [4.78, 5) is 28.3. The Morgan fingerprint density at radius 3 is 2.40 bits per heavy atom. The number of rotatable bonds is 14. The topological polar surface area (TPSA) is 151 Å². The van der Waals surface area contributed by atoms with Crippen molar-refractivity contribution in [2.75, 3.05) is 18.5 Å². The molecule has 2 aromatic rings. The van der Waals surface area contributed by atoms with Crippen molar-refractivity contribution < 1.29 is 28.1 Å². The number of pyridine rings is 1. The minimum Gasteiger partial charge on any atom is -0.408 e. The van der Waals surface area contributed by atoms with Gasteiger partial charge in [0.2, 0.25) is 5.91 Å². The van der Waals surface area contributed by atoms with Gasteiger partial charge in [-0.05, 0) is 51.9 Å². The zero-order valence-electron chi connectivity index (χ0n) is 28.6. The molecule has 0 radical (unpaired) electrons. The molecule has 1 fully saturated rings. The summed E-state index contributed by atoms with van der Waals surface area (Å²) in [5.74, 6) is -0.245. The number of fused-ring (bicyclic) bond motifs is 1. The van der Waals surface area contributed by atoms with Gasteiger partial charge in [0.05, 0.1) is 36.6 Å². The zero-order chi connectivity index (χ0) is 33.9. The molecule has 2 unspecified atom stereocenters. The van der Waals surface area contributed by atoms with Crippen LogP contribution in [0.15, 0.2) is 23.1 Å². The van der Waals surface area contributed by atoms with E-state index in [1.54, 1.807) is 36.7 Å². The van der Waals surface area contributed by atoms with E-state index in [1.807, 2.05) is 0 Å². The normalized spacial score (nSPS) is 21.8. The molecular weight excluding hydrogens is 613 g/mol. The Morgan fingerprint density at radius 1 is 1.22 bits per heavy atom. The van der Waals surface area contributed by atoms with E-state index in [1.165, 1.54) is 0 Å². The first-order valence-corrected chi connectivity index (χ1v) is 19.7. The van der Waals surface area contributed by atoms with Crippen LogP contribution in [0.4, 0.5) is 5.82 Å². The molecule has 45 heavy (non-hydrogen) atoms. The van der Waals surface area contributed by atoms with Crippen molar-refractivity contribution in [1.82, 2.24) is 14.2 Å². The lowest BCUT2D eigenvalue weighted by atomic mass is 10.1. The SMILES string of the molecule is CC(C)C(=O)Nc1cc2c(ccn2[C@@H]2O[C@H](CO)C(O[Si](C)(C)C(C)(C)C)[C@H]2OP(OCCC#N)N(C(C)C)C(C)C)c(=O)[nH]1. The Bertz CT molecular complexity index is 1390. The molecule has 0 saturated carbocycles. The Morgan fingerprint density at radius 2 is 1.87 bits per heavy atom. The maximum absolute atomic E-state index is 13.1. The third-order valence-corrected chi connectivity index (χ3v) is 15.0. The van der Waals surface area contributed by atoms with E-state index in [2.05, 4.69) is 82.6 Å². The summed E-state index contributed by atoms with van der Waals surface area (Å²) in [6.07, 6.45) is -0.999. The number of hydrogen-bond donors (Lipinski definition) is 3. The number of carbonyl (C=O) groups is 1. The fourth-order valence-corrected chi connectivity index (χ4v) is 8.04. The number of anilines is 1. The van der Waals surface area contributed by atoms with Gasteiger partial charge in [-0.25, -0.2) is 4.67 Å². The molecule has 0 spiro atoms. The van der Waals surface area contributed by atoms with Gasteiger partial charge in [0, 0.05) is 30.3 Å². The Kier molecular flexibility index (Phi) is 12.6. The second-order valence-corrected chi connectivity index (χ2v) is 20.0. The first-order chi connectivity index (χ1) is 20.9. The van der Waals surface area contributed by atoms with E-state index in [0.29, 0.717) is 10.9 Å². The predicted octanol–water partition coefficient (Wildman–Crippen LogP) is 5.87. The number of carbonyl (C=O) groups excluding carboxylic acids is 1. The molecule has 5 atom stereocenters. The fourth-order valence-electron chi connectivity index (χ4n) is 4.98. The summed E-state index contributed by atoms with van der Waals surface area (Å²) in [5, 5.41) is 22.9. The summed E-state index contributed by atoms with van der Waals surface area (Å²) in [5.41, 5.74) is 0.168. The van der Waals surface area contributed by atoms with Gasteiger partial charge in [0.1, 0.15) is 24.1 Å². The molecule has 12 nitrogen and oxygen atoms in total. The number of amides is 1. The highest BCUT2D eigenvalue weighted by Gasteiger charge is 2.53. The van der Waals surface area contributed by atoms with Gasteiger partial charge in [-0.15, -0.1) is 0 Å². The average molecular weight is 666 g/mol. The Balaban J connectivity index is 2.18. The molecule has 14 heteroatoms. The van der Waals surface area contributed by atoms with Crippen LogP contribution in [0.5, 0.6) is 0 Å². The Labute approximate surface area is 269 Å². The molecule has 2 aromatic heterocycles. The lowest BCUT2D eigenvalue weighted by Gasteiger charge is -2.42. The van der Waals surface area contributed by atoms with Gasteiger partial charge in [-0.1, -0.05) is 34.6 Å². The van der Waals surface area contributed by atoms with Crippen molar-refractivity contribution in [2.24, 2.45) is 5.92 Å². The van der Waals surface area contributed by atoms with Gasteiger partial charge in [-0.2, -0.15) is 5.26 Å². The van der Waals surface area contributed by atoms with Crippen molar-refractivity contribution in [3.05, 3.63) is 28.7 Å². The number of aliphatic hydroxyl groups excluding tert-OH is 1. The van der Waals surface area contributed by atoms with Gasteiger partial charge >= 0.3 is 0 Å². The lowest BCUT2D eigenvalue weighted by Crippen LogP contribution is -2.50. The van der Waals surface area contributed by atoms with E-state index < -0.39 is 41.4 Å². The average Bonchev–Trinajstić information content (AvgIpc) is 3.48. The van der Waals surface area contributed by atoms with Crippen LogP contribution in [-0.2, 0) is 23.0 Å². The van der Waals surface area contributed by atoms with E-state index in [9.17, 15) is 20.0 Å². The maximum Gasteiger partial charge on any atom is 0.259 e. The first kappa shape index (κ1) is 37.3. The van der Waals surface area contributed by atoms with Crippen LogP contribution in [-0.4, -0.2) is 77.2 Å². The first-order valence-electron chi connectivity index (χ1n) is 15.7. The summed E-state index contributed by atoms with van der Waals surface area (Å²) in [6, 6.07) is 5.65. The number of aromatic nitrogens is 2. The van der Waals surface area contributed by atoms with E-state index in [-0.39, 0.29) is 60.0 Å². The molecule has 3 N–H and O–H groups in total. The predicted molar refractivity (Wildman–Crippen MR) is 179 cm³/mol. The van der Waals surface area contributed by atoms with Gasteiger partial charge in [0.15, 0.2) is 14.5 Å². The number of aliphatic hydroxyl groups is 1. The van der Waals surface area contributed by atoms with Crippen LogP contribution < -0.4 is 10.9 Å². The number of aromatic amines is 1. The van der Waals surface area contributed by atoms with Crippen molar-refractivity contribution in [1.29, 1.82) is 5.26 Å². The maximum atomic E-state index is 13.1. The molecule has 1 aliphatic heterocycles. The monoisotopic (exact) mass is 665 g/mol.